The number of carbonyl (C=O) groups is 1. The maximum atomic E-state index is 12.0. The summed E-state index contributed by atoms with van der Waals surface area (Å²) in [7, 11) is 0. The van der Waals surface area contributed by atoms with E-state index in [-0.39, 0.29) is 5.91 Å². The lowest BCUT2D eigenvalue weighted by Gasteiger charge is -2.05. The molecule has 1 aliphatic heterocycles. The second-order valence-electron chi connectivity index (χ2n) is 4.76. The molecule has 3 heterocycles. The van der Waals surface area contributed by atoms with Crippen LogP contribution in [0, 0.1) is 0 Å². The zero-order valence-electron chi connectivity index (χ0n) is 11.0. The zero-order valence-corrected chi connectivity index (χ0v) is 11.8. The van der Waals surface area contributed by atoms with Crippen molar-refractivity contribution in [2.45, 2.75) is 25.4 Å². The molecule has 3 rings (SSSR count). The van der Waals surface area contributed by atoms with Crippen molar-refractivity contribution < 1.29 is 4.79 Å². The summed E-state index contributed by atoms with van der Waals surface area (Å²) in [6, 6.07) is 4.11. The van der Waals surface area contributed by atoms with Gasteiger partial charge in [0.15, 0.2) is 0 Å². The molecule has 1 fully saturated rings. The third kappa shape index (κ3) is 3.02. The van der Waals surface area contributed by atoms with E-state index in [0.29, 0.717) is 18.3 Å². The summed E-state index contributed by atoms with van der Waals surface area (Å²) in [5.74, 6) is -0.130. The Kier molecular flexibility index (Phi) is 4.03. The number of pyridine rings is 1. The van der Waals surface area contributed by atoms with Crippen molar-refractivity contribution in [2.24, 2.45) is 0 Å². The number of aromatic nitrogens is 2. The van der Waals surface area contributed by atoms with Gasteiger partial charge in [0.25, 0.3) is 5.91 Å². The number of amides is 1. The van der Waals surface area contributed by atoms with E-state index in [2.05, 4.69) is 20.6 Å². The highest BCUT2D eigenvalue weighted by Gasteiger charge is 2.20. The van der Waals surface area contributed by atoms with Gasteiger partial charge in [-0.15, -0.1) is 11.3 Å². The van der Waals surface area contributed by atoms with E-state index in [9.17, 15) is 4.79 Å². The van der Waals surface area contributed by atoms with Crippen molar-refractivity contribution in [1.82, 2.24) is 20.6 Å². The van der Waals surface area contributed by atoms with Crippen molar-refractivity contribution in [3.05, 3.63) is 46.2 Å². The summed E-state index contributed by atoms with van der Waals surface area (Å²) in [6.45, 7) is 1.51. The third-order valence-corrected chi connectivity index (χ3v) is 4.25. The van der Waals surface area contributed by atoms with E-state index in [1.807, 2.05) is 17.5 Å². The summed E-state index contributed by atoms with van der Waals surface area (Å²) >= 11 is 1.55. The molecule has 1 aliphatic rings. The minimum Gasteiger partial charge on any atom is -0.347 e. The highest BCUT2D eigenvalue weighted by Crippen LogP contribution is 2.25. The fourth-order valence-electron chi connectivity index (χ4n) is 2.22. The van der Waals surface area contributed by atoms with Gasteiger partial charge in [0, 0.05) is 24.3 Å². The van der Waals surface area contributed by atoms with Gasteiger partial charge in [-0.2, -0.15) is 0 Å². The first-order valence-corrected chi connectivity index (χ1v) is 7.57. The van der Waals surface area contributed by atoms with E-state index >= 15 is 0 Å². The number of hydrogen-bond donors (Lipinski definition) is 2. The van der Waals surface area contributed by atoms with Gasteiger partial charge in [-0.05, 0) is 31.0 Å². The minimum absolute atomic E-state index is 0.130. The van der Waals surface area contributed by atoms with Crippen LogP contribution in [-0.2, 0) is 6.54 Å². The molecule has 0 radical (unpaired) electrons. The molecular weight excluding hydrogens is 272 g/mol. The molecule has 5 nitrogen and oxygen atoms in total. The molecule has 0 aliphatic carbocycles. The molecule has 0 unspecified atom stereocenters. The number of nitrogens with one attached hydrogen (secondary N) is 2. The fraction of sp³-hybridized carbons (Fsp3) is 0.357. The van der Waals surface area contributed by atoms with Gasteiger partial charge in [-0.1, -0.05) is 6.07 Å². The molecule has 1 atom stereocenters. The Morgan fingerprint density at radius 3 is 3.25 bits per heavy atom. The average Bonchev–Trinajstić information content (AvgIpc) is 3.16. The average molecular weight is 288 g/mol. The van der Waals surface area contributed by atoms with E-state index in [1.165, 1.54) is 6.42 Å². The van der Waals surface area contributed by atoms with Crippen molar-refractivity contribution in [2.75, 3.05) is 6.54 Å². The molecule has 104 valence electrons. The largest absolute Gasteiger partial charge is 0.347 e. The number of thiazole rings is 1. The van der Waals surface area contributed by atoms with Crippen LogP contribution in [-0.4, -0.2) is 22.4 Å². The molecule has 0 aromatic carbocycles. The van der Waals surface area contributed by atoms with Crippen molar-refractivity contribution in [3.63, 3.8) is 0 Å². The Labute approximate surface area is 121 Å². The van der Waals surface area contributed by atoms with Crippen LogP contribution in [0.4, 0.5) is 0 Å². The summed E-state index contributed by atoms with van der Waals surface area (Å²) in [5.41, 5.74) is 1.48. The number of rotatable bonds is 4. The van der Waals surface area contributed by atoms with Crippen LogP contribution in [0.2, 0.25) is 0 Å². The van der Waals surface area contributed by atoms with Crippen LogP contribution in [0.15, 0.2) is 29.9 Å². The molecule has 0 bridgehead atoms. The molecule has 1 amide bonds. The molecule has 1 saturated heterocycles. The standard InChI is InChI=1S/C14H16N4OS/c19-13(17-8-10-3-1-5-15-7-10)12-9-20-14(18-12)11-4-2-6-16-11/h1,3,5,7,9,11,16H,2,4,6,8H2,(H,17,19)/t11-/m0/s1. The van der Waals surface area contributed by atoms with E-state index in [4.69, 9.17) is 0 Å². The van der Waals surface area contributed by atoms with Gasteiger partial charge in [0.2, 0.25) is 0 Å². The Morgan fingerprint density at radius 2 is 2.50 bits per heavy atom. The van der Waals surface area contributed by atoms with Crippen LogP contribution in [0.1, 0.15) is 39.9 Å². The molecule has 2 aromatic heterocycles. The first kappa shape index (κ1) is 13.2. The third-order valence-electron chi connectivity index (χ3n) is 3.29. The lowest BCUT2D eigenvalue weighted by molar-refractivity contribution is 0.0946. The summed E-state index contributed by atoms with van der Waals surface area (Å²) < 4.78 is 0. The molecule has 20 heavy (non-hydrogen) atoms. The summed E-state index contributed by atoms with van der Waals surface area (Å²) in [5, 5.41) is 9.09. The molecule has 0 spiro atoms. The quantitative estimate of drug-likeness (QED) is 0.901. The van der Waals surface area contributed by atoms with E-state index in [0.717, 1.165) is 23.5 Å². The monoisotopic (exact) mass is 288 g/mol. The summed E-state index contributed by atoms with van der Waals surface area (Å²) in [6.07, 6.45) is 5.73. The Bertz CT molecular complexity index is 578. The number of hydrogen-bond acceptors (Lipinski definition) is 5. The Hall–Kier alpha value is -1.79. The lowest BCUT2D eigenvalue weighted by atomic mass is 10.2. The van der Waals surface area contributed by atoms with Crippen LogP contribution in [0.3, 0.4) is 0 Å². The van der Waals surface area contributed by atoms with Crippen LogP contribution in [0.5, 0.6) is 0 Å². The molecule has 2 N–H and O–H groups in total. The molecule has 6 heteroatoms. The number of carbonyl (C=O) groups excluding carboxylic acids is 1. The number of nitrogens with zero attached hydrogens (tertiary/aromatic N) is 2. The van der Waals surface area contributed by atoms with Gasteiger partial charge >= 0.3 is 0 Å². The first-order chi connectivity index (χ1) is 9.83. The van der Waals surface area contributed by atoms with E-state index < -0.39 is 0 Å². The van der Waals surface area contributed by atoms with Crippen molar-refractivity contribution >= 4 is 17.2 Å². The maximum Gasteiger partial charge on any atom is 0.271 e. The van der Waals surface area contributed by atoms with Gasteiger partial charge in [-0.3, -0.25) is 9.78 Å². The topological polar surface area (TPSA) is 66.9 Å². The second kappa shape index (κ2) is 6.11. The predicted octanol–water partition coefficient (Wildman–Crippen LogP) is 1.89. The predicted molar refractivity (Wildman–Crippen MR) is 77.5 cm³/mol. The van der Waals surface area contributed by atoms with Gasteiger partial charge in [0.1, 0.15) is 10.7 Å². The normalized spacial score (nSPS) is 18.1. The SMILES string of the molecule is O=C(NCc1cccnc1)c1csc([C@@H]2CCCN2)n1. The van der Waals surface area contributed by atoms with Gasteiger partial charge < -0.3 is 10.6 Å². The Balaban J connectivity index is 1.59. The minimum atomic E-state index is -0.130. The molecular formula is C14H16N4OS. The van der Waals surface area contributed by atoms with Crippen LogP contribution >= 0.6 is 11.3 Å². The van der Waals surface area contributed by atoms with Crippen molar-refractivity contribution in [1.29, 1.82) is 0 Å². The molecule has 2 aromatic rings. The lowest BCUT2D eigenvalue weighted by Crippen LogP contribution is -2.23. The zero-order chi connectivity index (χ0) is 13.8. The maximum absolute atomic E-state index is 12.0. The van der Waals surface area contributed by atoms with Crippen LogP contribution in [0.25, 0.3) is 0 Å². The second-order valence-corrected chi connectivity index (χ2v) is 5.65. The highest BCUT2D eigenvalue weighted by molar-refractivity contribution is 7.09. The van der Waals surface area contributed by atoms with Crippen LogP contribution < -0.4 is 10.6 Å². The Morgan fingerprint density at radius 1 is 1.55 bits per heavy atom. The molecule has 0 saturated carbocycles. The van der Waals surface area contributed by atoms with Gasteiger partial charge in [-0.25, -0.2) is 4.98 Å². The fourth-order valence-corrected chi connectivity index (χ4v) is 3.13. The van der Waals surface area contributed by atoms with Crippen molar-refractivity contribution in [3.8, 4) is 0 Å². The summed E-state index contributed by atoms with van der Waals surface area (Å²) in [4.78, 5) is 20.5. The van der Waals surface area contributed by atoms with Gasteiger partial charge in [0.05, 0.1) is 6.04 Å². The smallest absolute Gasteiger partial charge is 0.271 e. The first-order valence-electron chi connectivity index (χ1n) is 6.69. The van der Waals surface area contributed by atoms with E-state index in [1.54, 1.807) is 23.7 Å². The highest BCUT2D eigenvalue weighted by atomic mass is 32.1.